The average Bonchev–Trinajstić information content (AvgIpc) is 3.05. The van der Waals surface area contributed by atoms with E-state index in [4.69, 9.17) is 0 Å². The second-order valence-corrected chi connectivity index (χ2v) is 5.12. The highest BCUT2D eigenvalue weighted by atomic mass is 79.9. The second kappa shape index (κ2) is 4.91. The van der Waals surface area contributed by atoms with Crippen molar-refractivity contribution in [3.8, 4) is 0 Å². The lowest BCUT2D eigenvalue weighted by Crippen LogP contribution is -2.32. The SMILES string of the molecule is O=C(NCC1(CBr)CC1)c1c(F)cc(F)cc1F. The molecule has 1 aromatic carbocycles. The van der Waals surface area contributed by atoms with Crippen molar-refractivity contribution in [1.82, 2.24) is 5.32 Å². The maximum absolute atomic E-state index is 13.3. The van der Waals surface area contributed by atoms with E-state index < -0.39 is 28.9 Å². The summed E-state index contributed by atoms with van der Waals surface area (Å²) in [4.78, 5) is 11.7. The molecule has 18 heavy (non-hydrogen) atoms. The number of amides is 1. The molecule has 2 rings (SSSR count). The molecule has 1 N–H and O–H groups in total. The highest BCUT2D eigenvalue weighted by Gasteiger charge is 2.41. The van der Waals surface area contributed by atoms with Gasteiger partial charge in [0.1, 0.15) is 23.0 Å². The van der Waals surface area contributed by atoms with Crippen molar-refractivity contribution in [2.24, 2.45) is 5.41 Å². The number of hydrogen-bond donors (Lipinski definition) is 1. The molecule has 1 saturated carbocycles. The topological polar surface area (TPSA) is 29.1 Å². The molecule has 0 radical (unpaired) electrons. The van der Waals surface area contributed by atoms with Gasteiger partial charge in [-0.3, -0.25) is 4.79 Å². The van der Waals surface area contributed by atoms with E-state index in [1.54, 1.807) is 0 Å². The number of benzene rings is 1. The molecule has 6 heteroatoms. The summed E-state index contributed by atoms with van der Waals surface area (Å²) in [6.45, 7) is 0.355. The second-order valence-electron chi connectivity index (χ2n) is 4.56. The highest BCUT2D eigenvalue weighted by molar-refractivity contribution is 9.09. The number of carbonyl (C=O) groups is 1. The van der Waals surface area contributed by atoms with Gasteiger partial charge in [0.05, 0.1) is 0 Å². The van der Waals surface area contributed by atoms with E-state index >= 15 is 0 Å². The summed E-state index contributed by atoms with van der Waals surface area (Å²) in [5, 5.41) is 3.21. The molecule has 0 saturated heterocycles. The Labute approximate surface area is 111 Å². The van der Waals surface area contributed by atoms with Crippen molar-refractivity contribution < 1.29 is 18.0 Å². The number of hydrogen-bond acceptors (Lipinski definition) is 1. The normalized spacial score (nSPS) is 16.4. The fourth-order valence-corrected chi connectivity index (χ4v) is 2.41. The standard InChI is InChI=1S/C12H11BrF3NO/c13-5-12(1-2-12)6-17-11(18)10-8(15)3-7(14)4-9(10)16/h3-4H,1-2,5-6H2,(H,17,18). The molecule has 0 aromatic heterocycles. The molecule has 0 spiro atoms. The third kappa shape index (κ3) is 2.68. The van der Waals surface area contributed by atoms with E-state index in [1.165, 1.54) is 0 Å². The molecule has 98 valence electrons. The Kier molecular flexibility index (Phi) is 3.66. The first-order valence-electron chi connectivity index (χ1n) is 5.46. The zero-order valence-electron chi connectivity index (χ0n) is 9.40. The number of carbonyl (C=O) groups excluding carboxylic acids is 1. The lowest BCUT2D eigenvalue weighted by atomic mass is 10.1. The number of halogens is 4. The Morgan fingerprint density at radius 2 is 1.83 bits per heavy atom. The van der Waals surface area contributed by atoms with E-state index in [0.29, 0.717) is 18.7 Å². The molecule has 1 aliphatic rings. The number of nitrogens with one attached hydrogen (secondary N) is 1. The molecule has 0 unspecified atom stereocenters. The van der Waals surface area contributed by atoms with Crippen LogP contribution in [0.25, 0.3) is 0 Å². The molecule has 1 aliphatic carbocycles. The molecule has 0 heterocycles. The summed E-state index contributed by atoms with van der Waals surface area (Å²) in [6, 6.07) is 0.991. The predicted octanol–water partition coefficient (Wildman–Crippen LogP) is 3.01. The molecular formula is C12H11BrF3NO. The van der Waals surface area contributed by atoms with Crippen LogP contribution in [0.5, 0.6) is 0 Å². The van der Waals surface area contributed by atoms with Crippen molar-refractivity contribution >= 4 is 21.8 Å². The van der Waals surface area contributed by atoms with E-state index in [1.807, 2.05) is 0 Å². The first-order chi connectivity index (χ1) is 8.47. The quantitative estimate of drug-likeness (QED) is 0.849. The Hall–Kier alpha value is -1.04. The average molecular weight is 322 g/mol. The van der Waals surface area contributed by atoms with Crippen LogP contribution >= 0.6 is 15.9 Å². The number of alkyl halides is 1. The molecule has 0 atom stereocenters. The first kappa shape index (κ1) is 13.4. The van der Waals surface area contributed by atoms with Gasteiger partial charge in [-0.2, -0.15) is 0 Å². The van der Waals surface area contributed by atoms with Crippen molar-refractivity contribution in [2.75, 3.05) is 11.9 Å². The first-order valence-corrected chi connectivity index (χ1v) is 6.58. The third-order valence-corrected chi connectivity index (χ3v) is 4.29. The molecular weight excluding hydrogens is 311 g/mol. The Morgan fingerprint density at radius 1 is 1.28 bits per heavy atom. The van der Waals surface area contributed by atoms with Crippen LogP contribution in [0.2, 0.25) is 0 Å². The van der Waals surface area contributed by atoms with E-state index in [2.05, 4.69) is 21.2 Å². The van der Waals surface area contributed by atoms with Gasteiger partial charge in [-0.25, -0.2) is 13.2 Å². The van der Waals surface area contributed by atoms with Gasteiger partial charge in [-0.15, -0.1) is 0 Å². The molecule has 0 bridgehead atoms. The lowest BCUT2D eigenvalue weighted by molar-refractivity contribution is 0.0938. The molecule has 0 aliphatic heterocycles. The minimum absolute atomic E-state index is 0.00262. The molecule has 2 nitrogen and oxygen atoms in total. The van der Waals surface area contributed by atoms with Crippen LogP contribution in [0, 0.1) is 22.9 Å². The van der Waals surface area contributed by atoms with Gasteiger partial charge in [0.25, 0.3) is 5.91 Å². The maximum Gasteiger partial charge on any atom is 0.257 e. The Bertz CT molecular complexity index is 465. The molecule has 1 amide bonds. The summed E-state index contributed by atoms with van der Waals surface area (Å²) in [7, 11) is 0. The van der Waals surface area contributed by atoms with E-state index in [0.717, 1.165) is 18.2 Å². The van der Waals surface area contributed by atoms with Crippen LogP contribution in [0.3, 0.4) is 0 Å². The Morgan fingerprint density at radius 3 is 2.28 bits per heavy atom. The predicted molar refractivity (Wildman–Crippen MR) is 64.1 cm³/mol. The summed E-state index contributed by atoms with van der Waals surface area (Å²) >= 11 is 3.33. The zero-order valence-corrected chi connectivity index (χ0v) is 11.0. The minimum atomic E-state index is -1.19. The van der Waals surface area contributed by atoms with Gasteiger partial charge in [0.2, 0.25) is 0 Å². The van der Waals surface area contributed by atoms with Crippen molar-refractivity contribution in [2.45, 2.75) is 12.8 Å². The molecule has 1 fully saturated rings. The fourth-order valence-electron chi connectivity index (χ4n) is 1.65. The van der Waals surface area contributed by atoms with Crippen LogP contribution in [-0.2, 0) is 0 Å². The third-order valence-electron chi connectivity index (χ3n) is 3.10. The van der Waals surface area contributed by atoms with Gasteiger partial charge in [-0.05, 0) is 18.3 Å². The number of rotatable bonds is 4. The minimum Gasteiger partial charge on any atom is -0.351 e. The van der Waals surface area contributed by atoms with Gasteiger partial charge >= 0.3 is 0 Å². The van der Waals surface area contributed by atoms with Crippen molar-refractivity contribution in [1.29, 1.82) is 0 Å². The maximum atomic E-state index is 13.3. The Balaban J connectivity index is 2.09. The zero-order chi connectivity index (χ0) is 13.3. The highest BCUT2D eigenvalue weighted by Crippen LogP contribution is 2.46. The van der Waals surface area contributed by atoms with Crippen LogP contribution in [0.1, 0.15) is 23.2 Å². The van der Waals surface area contributed by atoms with Gasteiger partial charge in [0.15, 0.2) is 0 Å². The van der Waals surface area contributed by atoms with Gasteiger partial charge < -0.3 is 5.32 Å². The summed E-state index contributed by atoms with van der Waals surface area (Å²) < 4.78 is 39.4. The largest absolute Gasteiger partial charge is 0.351 e. The summed E-state index contributed by atoms with van der Waals surface area (Å²) in [5.74, 6) is -4.26. The van der Waals surface area contributed by atoms with Crippen molar-refractivity contribution in [3.05, 3.63) is 35.1 Å². The monoisotopic (exact) mass is 321 g/mol. The van der Waals surface area contributed by atoms with Gasteiger partial charge in [-0.1, -0.05) is 15.9 Å². The molecule has 1 aromatic rings. The van der Waals surface area contributed by atoms with Crippen LogP contribution in [-0.4, -0.2) is 17.8 Å². The lowest BCUT2D eigenvalue weighted by Gasteiger charge is -2.13. The van der Waals surface area contributed by atoms with Crippen LogP contribution in [0.4, 0.5) is 13.2 Å². The smallest absolute Gasteiger partial charge is 0.257 e. The fraction of sp³-hybridized carbons (Fsp3) is 0.417. The van der Waals surface area contributed by atoms with Crippen molar-refractivity contribution in [3.63, 3.8) is 0 Å². The van der Waals surface area contributed by atoms with Crippen LogP contribution in [0.15, 0.2) is 12.1 Å². The summed E-state index contributed by atoms with van der Waals surface area (Å²) in [5.41, 5.74) is -0.732. The van der Waals surface area contributed by atoms with Crippen LogP contribution < -0.4 is 5.32 Å². The van der Waals surface area contributed by atoms with E-state index in [-0.39, 0.29) is 5.41 Å². The summed E-state index contributed by atoms with van der Waals surface area (Å²) in [6.07, 6.45) is 1.93. The van der Waals surface area contributed by atoms with E-state index in [9.17, 15) is 18.0 Å². The van der Waals surface area contributed by atoms with Gasteiger partial charge in [0, 0.05) is 24.0 Å².